The highest BCUT2D eigenvalue weighted by atomic mass is 19.1. The van der Waals surface area contributed by atoms with E-state index < -0.39 is 0 Å². The smallest absolute Gasteiger partial charge is 0.254 e. The number of aryl methyl sites for hydroxylation is 1. The summed E-state index contributed by atoms with van der Waals surface area (Å²) in [5.41, 5.74) is 10.8. The first-order valence-electron chi connectivity index (χ1n) is 12.3. The molecule has 0 saturated heterocycles. The lowest BCUT2D eigenvalue weighted by Gasteiger charge is -2.24. The van der Waals surface area contributed by atoms with Crippen LogP contribution >= 0.6 is 0 Å². The molecule has 0 bridgehead atoms. The molecule has 0 radical (unpaired) electrons. The summed E-state index contributed by atoms with van der Waals surface area (Å²) in [5, 5.41) is 9.97. The fraction of sp³-hybridized carbons (Fsp3) is 0.267. The van der Waals surface area contributed by atoms with Crippen LogP contribution in [0.1, 0.15) is 48.2 Å². The Morgan fingerprint density at radius 2 is 1.89 bits per heavy atom. The van der Waals surface area contributed by atoms with E-state index >= 15 is 0 Å². The first-order chi connectivity index (χ1) is 17.7. The molecular formula is C30H30FN5O. The Balaban J connectivity index is 1.96. The third-order valence-electron chi connectivity index (χ3n) is 6.51. The van der Waals surface area contributed by atoms with Crippen LogP contribution in [0, 0.1) is 30.0 Å². The van der Waals surface area contributed by atoms with Gasteiger partial charge in [-0.25, -0.2) is 9.37 Å². The van der Waals surface area contributed by atoms with Crippen LogP contribution in [0.25, 0.3) is 33.2 Å². The maximum Gasteiger partial charge on any atom is 0.254 e. The van der Waals surface area contributed by atoms with Crippen LogP contribution in [-0.4, -0.2) is 34.4 Å². The van der Waals surface area contributed by atoms with Crippen LogP contribution in [0.3, 0.4) is 0 Å². The van der Waals surface area contributed by atoms with Crippen molar-refractivity contribution >= 4 is 22.6 Å². The predicted octanol–water partition coefficient (Wildman–Crippen LogP) is 6.37. The molecule has 0 aliphatic heterocycles. The van der Waals surface area contributed by atoms with Crippen LogP contribution in [0.4, 0.5) is 10.2 Å². The Morgan fingerprint density at radius 1 is 1.11 bits per heavy atom. The number of hydrogen-bond donors (Lipinski definition) is 1. The van der Waals surface area contributed by atoms with E-state index in [1.54, 1.807) is 24.2 Å². The number of rotatable bonds is 7. The molecule has 0 fully saturated rings. The number of nitriles is 1. The predicted molar refractivity (Wildman–Crippen MR) is 145 cm³/mol. The number of nitrogens with two attached hydrogens (primary N) is 1. The SMILES string of the molecule is CCC[C@H](C)CN(C)C(=O)c1c(-c2cc(C)cc(F)c2)cnc2ccc(-c3cc(C#N)cnc3N)cc12. The largest absolute Gasteiger partial charge is 0.383 e. The number of amides is 1. The number of carbonyl (C=O) groups excluding carboxylic acids is 1. The lowest BCUT2D eigenvalue weighted by Crippen LogP contribution is -2.31. The van der Waals surface area contributed by atoms with Crippen LogP contribution in [0.2, 0.25) is 0 Å². The van der Waals surface area contributed by atoms with Crippen molar-refractivity contribution in [3.63, 3.8) is 0 Å². The van der Waals surface area contributed by atoms with Crippen molar-refractivity contribution < 1.29 is 9.18 Å². The van der Waals surface area contributed by atoms with Crippen LogP contribution in [-0.2, 0) is 0 Å². The maximum atomic E-state index is 14.4. The molecular weight excluding hydrogens is 465 g/mol. The fourth-order valence-corrected chi connectivity index (χ4v) is 4.79. The monoisotopic (exact) mass is 495 g/mol. The maximum absolute atomic E-state index is 14.4. The van der Waals surface area contributed by atoms with Crippen LogP contribution in [0.15, 0.2) is 54.9 Å². The number of anilines is 1. The molecule has 1 amide bonds. The highest BCUT2D eigenvalue weighted by molar-refractivity contribution is 6.12. The molecule has 4 rings (SSSR count). The van der Waals surface area contributed by atoms with E-state index in [2.05, 4.69) is 29.9 Å². The molecule has 2 N–H and O–H groups in total. The summed E-state index contributed by atoms with van der Waals surface area (Å²) in [7, 11) is 1.80. The van der Waals surface area contributed by atoms with Crippen LogP contribution in [0.5, 0.6) is 0 Å². The summed E-state index contributed by atoms with van der Waals surface area (Å²) < 4.78 is 14.4. The van der Waals surface area contributed by atoms with Gasteiger partial charge in [0.15, 0.2) is 0 Å². The summed E-state index contributed by atoms with van der Waals surface area (Å²) in [6, 6.07) is 14.0. The average Bonchev–Trinajstić information content (AvgIpc) is 2.87. The van der Waals surface area contributed by atoms with E-state index in [1.165, 1.54) is 18.3 Å². The molecule has 0 unspecified atom stereocenters. The zero-order valence-corrected chi connectivity index (χ0v) is 21.5. The Bertz CT molecular complexity index is 1500. The van der Waals surface area contributed by atoms with E-state index in [9.17, 15) is 14.4 Å². The zero-order valence-electron chi connectivity index (χ0n) is 21.5. The summed E-state index contributed by atoms with van der Waals surface area (Å²) in [6.45, 7) is 6.67. The summed E-state index contributed by atoms with van der Waals surface area (Å²) in [4.78, 5) is 24.5. The number of halogens is 1. The van der Waals surface area contributed by atoms with Gasteiger partial charge in [0, 0.05) is 42.5 Å². The standard InChI is InChI=1S/C30H30FN5O/c1-5-6-18(2)17-36(4)30(37)28-25-13-21(24-11-20(14-32)15-35-29(24)33)7-8-27(25)34-16-26(28)22-9-19(3)10-23(31)12-22/h7-13,15-16,18H,5-6,17H2,1-4H3,(H2,33,35)/t18-/m0/s1. The normalized spacial score (nSPS) is 11.8. The van der Waals surface area contributed by atoms with Gasteiger partial charge in [0.05, 0.1) is 16.6 Å². The second kappa shape index (κ2) is 10.8. The van der Waals surface area contributed by atoms with E-state index in [-0.39, 0.29) is 17.5 Å². The van der Waals surface area contributed by atoms with Crippen molar-refractivity contribution in [3.8, 4) is 28.3 Å². The molecule has 0 aliphatic rings. The van der Waals surface area contributed by atoms with Crippen molar-refractivity contribution in [3.05, 3.63) is 77.4 Å². The summed E-state index contributed by atoms with van der Waals surface area (Å²) in [6.07, 6.45) is 5.11. The number of nitrogens with zero attached hydrogens (tertiary/aromatic N) is 4. The van der Waals surface area contributed by atoms with Crippen molar-refractivity contribution in [2.75, 3.05) is 19.3 Å². The molecule has 7 heteroatoms. The number of benzene rings is 2. The molecule has 1 atom stereocenters. The average molecular weight is 496 g/mol. The van der Waals surface area contributed by atoms with Gasteiger partial charge in [-0.15, -0.1) is 0 Å². The number of fused-ring (bicyclic) bond motifs is 1. The van der Waals surface area contributed by atoms with Gasteiger partial charge in [-0.05, 0) is 66.3 Å². The molecule has 37 heavy (non-hydrogen) atoms. The summed E-state index contributed by atoms with van der Waals surface area (Å²) in [5.74, 6) is 0.0734. The molecule has 6 nitrogen and oxygen atoms in total. The first kappa shape index (κ1) is 25.8. The van der Waals surface area contributed by atoms with Crippen molar-refractivity contribution in [2.24, 2.45) is 5.92 Å². The second-order valence-corrected chi connectivity index (χ2v) is 9.64. The van der Waals surface area contributed by atoms with Gasteiger partial charge in [0.1, 0.15) is 17.7 Å². The van der Waals surface area contributed by atoms with Gasteiger partial charge in [-0.1, -0.05) is 32.4 Å². The number of hydrogen-bond acceptors (Lipinski definition) is 5. The first-order valence-corrected chi connectivity index (χ1v) is 12.3. The third kappa shape index (κ3) is 5.44. The van der Waals surface area contributed by atoms with Crippen molar-refractivity contribution in [1.29, 1.82) is 5.26 Å². The molecule has 2 aromatic carbocycles. The van der Waals surface area contributed by atoms with Crippen molar-refractivity contribution in [1.82, 2.24) is 14.9 Å². The summed E-state index contributed by atoms with van der Waals surface area (Å²) >= 11 is 0. The lowest BCUT2D eigenvalue weighted by atomic mass is 9.93. The van der Waals surface area contributed by atoms with Gasteiger partial charge in [0.2, 0.25) is 0 Å². The molecule has 188 valence electrons. The van der Waals surface area contributed by atoms with Crippen molar-refractivity contribution in [2.45, 2.75) is 33.6 Å². The quantitative estimate of drug-likeness (QED) is 0.321. The van der Waals surface area contributed by atoms with Gasteiger partial charge in [-0.2, -0.15) is 5.26 Å². The van der Waals surface area contributed by atoms with Gasteiger partial charge in [-0.3, -0.25) is 9.78 Å². The minimum Gasteiger partial charge on any atom is -0.383 e. The minimum absolute atomic E-state index is 0.165. The highest BCUT2D eigenvalue weighted by Gasteiger charge is 2.23. The Labute approximate surface area is 216 Å². The van der Waals surface area contributed by atoms with Gasteiger partial charge < -0.3 is 10.6 Å². The molecule has 4 aromatic rings. The van der Waals surface area contributed by atoms with E-state index in [0.29, 0.717) is 56.7 Å². The lowest BCUT2D eigenvalue weighted by molar-refractivity contribution is 0.0776. The topological polar surface area (TPSA) is 95.9 Å². The molecule has 2 heterocycles. The van der Waals surface area contributed by atoms with Crippen LogP contribution < -0.4 is 5.73 Å². The molecule has 0 saturated carbocycles. The molecule has 0 spiro atoms. The van der Waals surface area contributed by atoms with E-state index in [0.717, 1.165) is 18.4 Å². The van der Waals surface area contributed by atoms with E-state index in [4.69, 9.17) is 5.73 Å². The van der Waals surface area contributed by atoms with E-state index in [1.807, 2.05) is 31.2 Å². The third-order valence-corrected chi connectivity index (χ3v) is 6.51. The second-order valence-electron chi connectivity index (χ2n) is 9.64. The zero-order chi connectivity index (χ0) is 26.7. The number of pyridine rings is 2. The Hall–Kier alpha value is -4.31. The number of aromatic nitrogens is 2. The van der Waals surface area contributed by atoms with Gasteiger partial charge >= 0.3 is 0 Å². The number of carbonyl (C=O) groups is 1. The Kier molecular flexibility index (Phi) is 7.49. The Morgan fingerprint density at radius 3 is 2.59 bits per heavy atom. The fourth-order valence-electron chi connectivity index (χ4n) is 4.79. The molecule has 0 aliphatic carbocycles. The van der Waals surface area contributed by atoms with Gasteiger partial charge in [0.25, 0.3) is 5.91 Å². The molecule has 2 aromatic heterocycles. The highest BCUT2D eigenvalue weighted by Crippen LogP contribution is 2.35. The minimum atomic E-state index is -0.376. The number of nitrogen functional groups attached to an aromatic ring is 1.